The van der Waals surface area contributed by atoms with E-state index in [1.54, 1.807) is 7.11 Å². The number of rotatable bonds is 6. The largest absolute Gasteiger partial charge is 0.493 e. The van der Waals surface area contributed by atoms with Crippen LogP contribution in [-0.4, -0.2) is 62.7 Å². The van der Waals surface area contributed by atoms with Crippen molar-refractivity contribution in [3.8, 4) is 11.5 Å². The SMILES string of the molecule is COc1ccccc1OC[C@H]1CN(CCO)CCO1. The first-order valence-electron chi connectivity index (χ1n) is 6.54. The molecule has 0 radical (unpaired) electrons. The highest BCUT2D eigenvalue weighted by molar-refractivity contribution is 5.39. The van der Waals surface area contributed by atoms with Gasteiger partial charge in [-0.25, -0.2) is 0 Å². The van der Waals surface area contributed by atoms with Crippen LogP contribution in [0.3, 0.4) is 0 Å². The second-order valence-corrected chi connectivity index (χ2v) is 4.48. The van der Waals surface area contributed by atoms with Gasteiger partial charge in [0.15, 0.2) is 11.5 Å². The first-order valence-corrected chi connectivity index (χ1v) is 6.54. The molecule has 1 fully saturated rings. The maximum absolute atomic E-state index is 8.95. The molecule has 1 aliphatic rings. The van der Waals surface area contributed by atoms with E-state index in [2.05, 4.69) is 4.90 Å². The smallest absolute Gasteiger partial charge is 0.161 e. The molecular formula is C14H21NO4. The van der Waals surface area contributed by atoms with Gasteiger partial charge in [0.25, 0.3) is 0 Å². The lowest BCUT2D eigenvalue weighted by molar-refractivity contribution is -0.0510. The number of aliphatic hydroxyl groups excluding tert-OH is 1. The first kappa shape index (κ1) is 14.1. The van der Waals surface area contributed by atoms with Crippen LogP contribution in [0.25, 0.3) is 0 Å². The first-order chi connectivity index (χ1) is 9.33. The molecule has 1 aliphatic heterocycles. The Hall–Kier alpha value is -1.30. The van der Waals surface area contributed by atoms with Gasteiger partial charge in [-0.3, -0.25) is 4.90 Å². The van der Waals surface area contributed by atoms with Gasteiger partial charge in [0.05, 0.1) is 20.3 Å². The topological polar surface area (TPSA) is 51.2 Å². The predicted molar refractivity (Wildman–Crippen MR) is 71.8 cm³/mol. The molecular weight excluding hydrogens is 246 g/mol. The Morgan fingerprint density at radius 3 is 2.89 bits per heavy atom. The minimum atomic E-state index is 0.0326. The van der Waals surface area contributed by atoms with E-state index < -0.39 is 0 Å². The average Bonchev–Trinajstić information content (AvgIpc) is 2.46. The molecule has 0 aliphatic carbocycles. The van der Waals surface area contributed by atoms with E-state index in [4.69, 9.17) is 19.3 Å². The van der Waals surface area contributed by atoms with Crippen molar-refractivity contribution in [1.29, 1.82) is 0 Å². The maximum Gasteiger partial charge on any atom is 0.161 e. The van der Waals surface area contributed by atoms with Gasteiger partial charge in [-0.15, -0.1) is 0 Å². The zero-order chi connectivity index (χ0) is 13.5. The lowest BCUT2D eigenvalue weighted by Crippen LogP contribution is -2.45. The highest BCUT2D eigenvalue weighted by Crippen LogP contribution is 2.26. The molecule has 0 amide bonds. The van der Waals surface area contributed by atoms with Gasteiger partial charge in [-0.1, -0.05) is 12.1 Å². The number of hydrogen-bond donors (Lipinski definition) is 1. The molecule has 1 aromatic rings. The van der Waals surface area contributed by atoms with Crippen LogP contribution in [-0.2, 0) is 4.74 Å². The van der Waals surface area contributed by atoms with Gasteiger partial charge in [-0.2, -0.15) is 0 Å². The third kappa shape index (κ3) is 4.09. The van der Waals surface area contributed by atoms with Crippen molar-refractivity contribution in [2.75, 3.05) is 46.6 Å². The van der Waals surface area contributed by atoms with Crippen molar-refractivity contribution in [3.05, 3.63) is 24.3 Å². The standard InChI is InChI=1S/C14H21NO4/c1-17-13-4-2-3-5-14(13)19-11-12-10-15(6-8-16)7-9-18-12/h2-5,12,16H,6-11H2,1H3/t12-/m1/s1. The highest BCUT2D eigenvalue weighted by Gasteiger charge is 2.20. The van der Waals surface area contributed by atoms with E-state index in [1.807, 2.05) is 24.3 Å². The fourth-order valence-corrected chi connectivity index (χ4v) is 2.15. The molecule has 1 heterocycles. The van der Waals surface area contributed by atoms with Crippen LogP contribution in [0.4, 0.5) is 0 Å². The molecule has 1 aromatic carbocycles. The number of methoxy groups -OCH3 is 1. The van der Waals surface area contributed by atoms with Gasteiger partial charge in [0, 0.05) is 19.6 Å². The summed E-state index contributed by atoms with van der Waals surface area (Å²) in [5, 5.41) is 8.95. The summed E-state index contributed by atoms with van der Waals surface area (Å²) in [6.07, 6.45) is 0.0326. The number of aliphatic hydroxyl groups is 1. The minimum Gasteiger partial charge on any atom is -0.493 e. The van der Waals surface area contributed by atoms with Crippen molar-refractivity contribution in [3.63, 3.8) is 0 Å². The molecule has 1 N–H and O–H groups in total. The number of β-amino-alcohol motifs (C(OH)–C–C–N with tert-alkyl or cyclic N) is 1. The van der Waals surface area contributed by atoms with Crippen LogP contribution in [0.5, 0.6) is 11.5 Å². The van der Waals surface area contributed by atoms with Crippen molar-refractivity contribution in [2.24, 2.45) is 0 Å². The molecule has 0 spiro atoms. The molecule has 0 saturated carbocycles. The van der Waals surface area contributed by atoms with Crippen LogP contribution >= 0.6 is 0 Å². The van der Waals surface area contributed by atoms with Crippen molar-refractivity contribution >= 4 is 0 Å². The second-order valence-electron chi connectivity index (χ2n) is 4.48. The summed E-state index contributed by atoms with van der Waals surface area (Å²) in [5.74, 6) is 1.46. The zero-order valence-electron chi connectivity index (χ0n) is 11.2. The summed E-state index contributed by atoms with van der Waals surface area (Å²) < 4.78 is 16.7. The van der Waals surface area contributed by atoms with E-state index in [9.17, 15) is 0 Å². The minimum absolute atomic E-state index is 0.0326. The highest BCUT2D eigenvalue weighted by atomic mass is 16.5. The summed E-state index contributed by atoms with van der Waals surface area (Å²) in [6.45, 7) is 3.69. The van der Waals surface area contributed by atoms with E-state index >= 15 is 0 Å². The summed E-state index contributed by atoms with van der Waals surface area (Å²) in [5.41, 5.74) is 0. The summed E-state index contributed by atoms with van der Waals surface area (Å²) in [4.78, 5) is 2.18. The van der Waals surface area contributed by atoms with Gasteiger partial charge in [-0.05, 0) is 12.1 Å². The summed E-state index contributed by atoms with van der Waals surface area (Å²) >= 11 is 0. The van der Waals surface area contributed by atoms with Gasteiger partial charge in [0.1, 0.15) is 12.7 Å². The van der Waals surface area contributed by atoms with Crippen LogP contribution in [0.15, 0.2) is 24.3 Å². The maximum atomic E-state index is 8.95. The molecule has 1 atom stereocenters. The number of morpholine rings is 1. The molecule has 106 valence electrons. The normalized spacial score (nSPS) is 20.2. The molecule has 0 aromatic heterocycles. The van der Waals surface area contributed by atoms with E-state index in [-0.39, 0.29) is 12.7 Å². The Balaban J connectivity index is 1.84. The zero-order valence-corrected chi connectivity index (χ0v) is 11.2. The molecule has 0 bridgehead atoms. The van der Waals surface area contributed by atoms with Crippen molar-refractivity contribution in [2.45, 2.75) is 6.10 Å². The van der Waals surface area contributed by atoms with Crippen LogP contribution in [0, 0.1) is 0 Å². The van der Waals surface area contributed by atoms with E-state index in [0.29, 0.717) is 19.8 Å². The monoisotopic (exact) mass is 267 g/mol. The van der Waals surface area contributed by atoms with E-state index in [1.165, 1.54) is 0 Å². The van der Waals surface area contributed by atoms with Gasteiger partial charge in [0.2, 0.25) is 0 Å². The third-order valence-electron chi connectivity index (χ3n) is 3.13. The Bertz CT molecular complexity index is 383. The molecule has 5 heteroatoms. The molecule has 0 unspecified atom stereocenters. The molecule has 1 saturated heterocycles. The Morgan fingerprint density at radius 1 is 1.37 bits per heavy atom. The van der Waals surface area contributed by atoms with Crippen LogP contribution < -0.4 is 9.47 Å². The lowest BCUT2D eigenvalue weighted by Gasteiger charge is -2.32. The second kappa shape index (κ2) is 7.33. The summed E-state index contributed by atoms with van der Waals surface area (Å²) in [6, 6.07) is 7.58. The fraction of sp³-hybridized carbons (Fsp3) is 0.571. The Morgan fingerprint density at radius 2 is 2.16 bits per heavy atom. The summed E-state index contributed by atoms with van der Waals surface area (Å²) in [7, 11) is 1.63. The number of benzene rings is 1. The predicted octanol–water partition coefficient (Wildman–Crippen LogP) is 0.767. The van der Waals surface area contributed by atoms with Crippen LogP contribution in [0.2, 0.25) is 0 Å². The van der Waals surface area contributed by atoms with Gasteiger partial charge < -0.3 is 19.3 Å². The number of hydrogen-bond acceptors (Lipinski definition) is 5. The lowest BCUT2D eigenvalue weighted by atomic mass is 10.2. The molecule has 2 rings (SSSR count). The van der Waals surface area contributed by atoms with E-state index in [0.717, 1.165) is 24.6 Å². The fourth-order valence-electron chi connectivity index (χ4n) is 2.15. The average molecular weight is 267 g/mol. The Labute approximate surface area is 113 Å². The molecule has 19 heavy (non-hydrogen) atoms. The number of nitrogens with zero attached hydrogens (tertiary/aromatic N) is 1. The van der Waals surface area contributed by atoms with Gasteiger partial charge >= 0.3 is 0 Å². The van der Waals surface area contributed by atoms with Crippen LogP contribution in [0.1, 0.15) is 0 Å². The number of ether oxygens (including phenoxy) is 3. The Kier molecular flexibility index (Phi) is 5.44. The van der Waals surface area contributed by atoms with Crippen molar-refractivity contribution < 1.29 is 19.3 Å². The quantitative estimate of drug-likeness (QED) is 0.825. The number of para-hydroxylation sites is 2. The molecule has 5 nitrogen and oxygen atoms in total. The van der Waals surface area contributed by atoms with Crippen molar-refractivity contribution in [1.82, 2.24) is 4.90 Å². The third-order valence-corrected chi connectivity index (χ3v) is 3.13.